The first kappa shape index (κ1) is 15.9. The standard InChI is InChI=1S/C11H12FNO6S/c1-2-19-10(14)6-20(17,18)13-7-3-4-8(11(15)16)9(12)5-7/h3-5,13H,2,6H2,1H3,(H,15,16). The largest absolute Gasteiger partial charge is 0.478 e. The molecule has 0 fully saturated rings. The second-order valence-electron chi connectivity index (χ2n) is 3.67. The number of nitrogens with one attached hydrogen (secondary N) is 1. The van der Waals surface area contributed by atoms with Gasteiger partial charge in [-0.05, 0) is 25.1 Å². The number of carbonyl (C=O) groups excluding carboxylic acids is 1. The minimum atomic E-state index is -4.04. The molecule has 0 radical (unpaired) electrons. The van der Waals surface area contributed by atoms with E-state index in [0.717, 1.165) is 12.1 Å². The Labute approximate surface area is 114 Å². The molecule has 9 heteroatoms. The molecule has 0 aliphatic carbocycles. The smallest absolute Gasteiger partial charge is 0.338 e. The number of hydrogen-bond acceptors (Lipinski definition) is 5. The van der Waals surface area contributed by atoms with E-state index < -0.39 is 39.1 Å². The normalized spacial score (nSPS) is 10.9. The lowest BCUT2D eigenvalue weighted by Gasteiger charge is -2.08. The van der Waals surface area contributed by atoms with E-state index in [1.165, 1.54) is 6.92 Å². The number of anilines is 1. The maximum absolute atomic E-state index is 13.4. The number of sulfonamides is 1. The fraction of sp³-hybridized carbons (Fsp3) is 0.273. The molecule has 0 aromatic heterocycles. The Morgan fingerprint density at radius 1 is 1.40 bits per heavy atom. The average Bonchev–Trinajstić information content (AvgIpc) is 2.26. The van der Waals surface area contributed by atoms with E-state index in [-0.39, 0.29) is 12.3 Å². The summed E-state index contributed by atoms with van der Waals surface area (Å²) in [5, 5.41) is 8.63. The Hall–Kier alpha value is -2.16. The van der Waals surface area contributed by atoms with Crippen LogP contribution in [0.3, 0.4) is 0 Å². The maximum atomic E-state index is 13.4. The second kappa shape index (κ2) is 6.33. The third kappa shape index (κ3) is 4.50. The van der Waals surface area contributed by atoms with E-state index in [1.54, 1.807) is 0 Å². The molecule has 110 valence electrons. The van der Waals surface area contributed by atoms with Crippen molar-refractivity contribution in [2.24, 2.45) is 0 Å². The first-order valence-corrected chi connectivity index (χ1v) is 7.09. The van der Waals surface area contributed by atoms with Crippen LogP contribution in [-0.2, 0) is 19.6 Å². The summed E-state index contributed by atoms with van der Waals surface area (Å²) in [6.45, 7) is 1.56. The minimum Gasteiger partial charge on any atom is -0.478 e. The Morgan fingerprint density at radius 3 is 2.55 bits per heavy atom. The Bertz CT molecular complexity index is 628. The minimum absolute atomic E-state index is 0.0380. The number of benzene rings is 1. The molecule has 1 aromatic carbocycles. The first-order valence-electron chi connectivity index (χ1n) is 5.44. The van der Waals surface area contributed by atoms with Crippen molar-refractivity contribution in [2.75, 3.05) is 17.1 Å². The zero-order chi connectivity index (χ0) is 15.3. The van der Waals surface area contributed by atoms with Gasteiger partial charge in [-0.15, -0.1) is 0 Å². The monoisotopic (exact) mass is 305 g/mol. The molecule has 0 saturated heterocycles. The van der Waals surface area contributed by atoms with Crippen molar-refractivity contribution in [1.29, 1.82) is 0 Å². The molecule has 0 aliphatic heterocycles. The van der Waals surface area contributed by atoms with Gasteiger partial charge in [0.05, 0.1) is 17.9 Å². The van der Waals surface area contributed by atoms with Crippen LogP contribution in [0.15, 0.2) is 18.2 Å². The zero-order valence-electron chi connectivity index (χ0n) is 10.4. The zero-order valence-corrected chi connectivity index (χ0v) is 11.2. The summed E-state index contributed by atoms with van der Waals surface area (Å²) in [5.41, 5.74) is -0.768. The number of carboxylic acids is 1. The molecule has 0 saturated carbocycles. The maximum Gasteiger partial charge on any atom is 0.338 e. The van der Waals surface area contributed by atoms with Crippen molar-refractivity contribution in [3.05, 3.63) is 29.6 Å². The molecule has 7 nitrogen and oxygen atoms in total. The van der Waals surface area contributed by atoms with Gasteiger partial charge in [-0.3, -0.25) is 9.52 Å². The topological polar surface area (TPSA) is 110 Å². The number of carbonyl (C=O) groups is 2. The number of rotatable bonds is 6. The van der Waals surface area contributed by atoms with E-state index in [9.17, 15) is 22.4 Å². The molecular weight excluding hydrogens is 293 g/mol. The molecule has 0 heterocycles. The molecule has 20 heavy (non-hydrogen) atoms. The highest BCUT2D eigenvalue weighted by molar-refractivity contribution is 7.93. The Kier molecular flexibility index (Phi) is 5.03. The van der Waals surface area contributed by atoms with Gasteiger partial charge in [0.1, 0.15) is 5.82 Å². The molecule has 1 rings (SSSR count). The number of halogens is 1. The lowest BCUT2D eigenvalue weighted by Crippen LogP contribution is -2.24. The third-order valence-electron chi connectivity index (χ3n) is 2.09. The fourth-order valence-corrected chi connectivity index (χ4v) is 2.28. The lowest BCUT2D eigenvalue weighted by atomic mass is 10.2. The molecule has 1 aromatic rings. The molecule has 0 amide bonds. The summed E-state index contributed by atoms with van der Waals surface area (Å²) < 4.78 is 42.9. The van der Waals surface area contributed by atoms with Crippen LogP contribution >= 0.6 is 0 Å². The van der Waals surface area contributed by atoms with Crippen molar-refractivity contribution < 1.29 is 32.2 Å². The summed E-state index contributed by atoms with van der Waals surface area (Å²) >= 11 is 0. The van der Waals surface area contributed by atoms with Crippen LogP contribution in [-0.4, -0.2) is 37.8 Å². The molecule has 0 spiro atoms. The number of esters is 1. The number of carboxylic acid groups (broad SMARTS) is 1. The van der Waals surface area contributed by atoms with Gasteiger partial charge in [-0.25, -0.2) is 17.6 Å². The van der Waals surface area contributed by atoms with Crippen molar-refractivity contribution in [3.8, 4) is 0 Å². The van der Waals surface area contributed by atoms with Gasteiger partial charge in [0, 0.05) is 0 Å². The fourth-order valence-electron chi connectivity index (χ4n) is 1.33. The lowest BCUT2D eigenvalue weighted by molar-refractivity contribution is -0.139. The number of ether oxygens (including phenoxy) is 1. The van der Waals surface area contributed by atoms with Crippen LogP contribution < -0.4 is 4.72 Å². The highest BCUT2D eigenvalue weighted by atomic mass is 32.2. The van der Waals surface area contributed by atoms with Crippen LogP contribution in [0.25, 0.3) is 0 Å². The van der Waals surface area contributed by atoms with Gasteiger partial charge < -0.3 is 9.84 Å². The van der Waals surface area contributed by atoms with Gasteiger partial charge in [0.2, 0.25) is 10.0 Å². The predicted molar refractivity (Wildman–Crippen MR) is 67.4 cm³/mol. The van der Waals surface area contributed by atoms with Crippen molar-refractivity contribution in [1.82, 2.24) is 0 Å². The van der Waals surface area contributed by atoms with Crippen molar-refractivity contribution in [2.45, 2.75) is 6.92 Å². The van der Waals surface area contributed by atoms with E-state index in [2.05, 4.69) is 4.74 Å². The molecular formula is C11H12FNO6S. The van der Waals surface area contributed by atoms with Crippen molar-refractivity contribution >= 4 is 27.6 Å². The van der Waals surface area contributed by atoms with Crippen LogP contribution in [0.2, 0.25) is 0 Å². The highest BCUT2D eigenvalue weighted by Crippen LogP contribution is 2.16. The van der Waals surface area contributed by atoms with Crippen LogP contribution in [0, 0.1) is 5.82 Å². The van der Waals surface area contributed by atoms with Gasteiger partial charge in [-0.1, -0.05) is 0 Å². The highest BCUT2D eigenvalue weighted by Gasteiger charge is 2.18. The summed E-state index contributed by atoms with van der Waals surface area (Å²) in [4.78, 5) is 21.7. The summed E-state index contributed by atoms with van der Waals surface area (Å²) in [5.74, 6) is -4.41. The molecule has 0 aliphatic rings. The molecule has 0 atom stereocenters. The summed E-state index contributed by atoms with van der Waals surface area (Å²) in [7, 11) is -4.04. The van der Waals surface area contributed by atoms with Gasteiger partial charge in [0.25, 0.3) is 0 Å². The number of hydrogen-bond donors (Lipinski definition) is 2. The summed E-state index contributed by atoms with van der Waals surface area (Å²) in [6, 6.07) is 2.71. The SMILES string of the molecule is CCOC(=O)CS(=O)(=O)Nc1ccc(C(=O)O)c(F)c1. The Morgan fingerprint density at radius 2 is 2.05 bits per heavy atom. The van der Waals surface area contributed by atoms with Crippen LogP contribution in [0.1, 0.15) is 17.3 Å². The van der Waals surface area contributed by atoms with Gasteiger partial charge >= 0.3 is 11.9 Å². The van der Waals surface area contributed by atoms with Crippen LogP contribution in [0.5, 0.6) is 0 Å². The summed E-state index contributed by atoms with van der Waals surface area (Å²) in [6.07, 6.45) is 0. The van der Waals surface area contributed by atoms with Gasteiger partial charge in [0.15, 0.2) is 5.75 Å². The van der Waals surface area contributed by atoms with E-state index in [4.69, 9.17) is 5.11 Å². The van der Waals surface area contributed by atoms with E-state index >= 15 is 0 Å². The van der Waals surface area contributed by atoms with Crippen LogP contribution in [0.4, 0.5) is 10.1 Å². The number of aromatic carboxylic acids is 1. The van der Waals surface area contributed by atoms with E-state index in [1.807, 2.05) is 4.72 Å². The second-order valence-corrected chi connectivity index (χ2v) is 5.39. The average molecular weight is 305 g/mol. The molecule has 0 unspecified atom stereocenters. The van der Waals surface area contributed by atoms with Crippen molar-refractivity contribution in [3.63, 3.8) is 0 Å². The quantitative estimate of drug-likeness (QED) is 0.753. The first-order chi connectivity index (χ1) is 9.25. The predicted octanol–water partition coefficient (Wildman–Crippen LogP) is 0.829. The molecule has 2 N–H and O–H groups in total. The Balaban J connectivity index is 2.85. The third-order valence-corrected chi connectivity index (χ3v) is 3.25. The van der Waals surface area contributed by atoms with Gasteiger partial charge in [-0.2, -0.15) is 0 Å². The van der Waals surface area contributed by atoms with E-state index in [0.29, 0.717) is 6.07 Å². The molecule has 0 bridgehead atoms.